The molecule has 0 saturated heterocycles. The summed E-state index contributed by atoms with van der Waals surface area (Å²) in [5.41, 5.74) is 3.03. The number of hydrogen-bond acceptors (Lipinski definition) is 5. The molecule has 0 fully saturated rings. The van der Waals surface area contributed by atoms with Gasteiger partial charge in [0.1, 0.15) is 5.75 Å². The molecule has 1 amide bonds. The van der Waals surface area contributed by atoms with Gasteiger partial charge in [0.2, 0.25) is 5.91 Å². The average molecular weight is 445 g/mol. The molecule has 1 heterocycles. The van der Waals surface area contributed by atoms with Crippen molar-refractivity contribution in [1.29, 1.82) is 0 Å². The molecule has 6 nitrogen and oxygen atoms in total. The van der Waals surface area contributed by atoms with E-state index in [0.717, 1.165) is 16.8 Å². The minimum absolute atomic E-state index is 0.0829. The Labute approximate surface area is 186 Å². The molecule has 3 rings (SSSR count). The third-order valence-corrected chi connectivity index (χ3v) is 5.57. The van der Waals surface area contributed by atoms with Crippen LogP contribution in [0.3, 0.4) is 0 Å². The van der Waals surface area contributed by atoms with E-state index >= 15 is 0 Å². The van der Waals surface area contributed by atoms with Crippen molar-refractivity contribution in [1.82, 2.24) is 14.8 Å². The van der Waals surface area contributed by atoms with E-state index in [9.17, 15) is 4.79 Å². The van der Waals surface area contributed by atoms with E-state index in [1.165, 1.54) is 11.8 Å². The van der Waals surface area contributed by atoms with Crippen LogP contribution >= 0.6 is 23.4 Å². The van der Waals surface area contributed by atoms with E-state index in [2.05, 4.69) is 21.6 Å². The zero-order chi connectivity index (χ0) is 21.7. The molecule has 1 atom stereocenters. The number of nitrogens with one attached hydrogen (secondary N) is 1. The molecule has 3 aromatic rings. The number of hydrogen-bond donors (Lipinski definition) is 1. The number of anilines is 1. The number of carbonyl (C=O) groups is 1. The Morgan fingerprint density at radius 1 is 1.20 bits per heavy atom. The molecule has 1 aromatic heterocycles. The summed E-state index contributed by atoms with van der Waals surface area (Å²) in [6.07, 6.45) is -0.311. The molecule has 1 N–H and O–H groups in total. The first kappa shape index (κ1) is 22.2. The minimum Gasteiger partial charge on any atom is -0.483 e. The van der Waals surface area contributed by atoms with Crippen LogP contribution in [-0.4, -0.2) is 26.4 Å². The van der Waals surface area contributed by atoms with Crippen molar-refractivity contribution in [2.45, 2.75) is 45.5 Å². The lowest BCUT2D eigenvalue weighted by Gasteiger charge is -2.15. The van der Waals surface area contributed by atoms with Crippen LogP contribution in [0.2, 0.25) is 5.02 Å². The van der Waals surface area contributed by atoms with E-state index in [1.54, 1.807) is 12.1 Å². The first-order valence-electron chi connectivity index (χ1n) is 9.72. The summed E-state index contributed by atoms with van der Waals surface area (Å²) >= 11 is 7.38. The van der Waals surface area contributed by atoms with Crippen molar-refractivity contribution in [3.8, 4) is 5.75 Å². The Morgan fingerprint density at radius 2 is 1.93 bits per heavy atom. The lowest BCUT2D eigenvalue weighted by atomic mass is 10.1. The van der Waals surface area contributed by atoms with Gasteiger partial charge in [-0.2, -0.15) is 0 Å². The van der Waals surface area contributed by atoms with Gasteiger partial charge in [-0.05, 0) is 69.2 Å². The van der Waals surface area contributed by atoms with Crippen LogP contribution in [0.1, 0.15) is 36.9 Å². The van der Waals surface area contributed by atoms with Gasteiger partial charge >= 0.3 is 0 Å². The first-order valence-corrected chi connectivity index (χ1v) is 11.1. The van der Waals surface area contributed by atoms with Gasteiger partial charge in [0.25, 0.3) is 0 Å². The Kier molecular flexibility index (Phi) is 7.39. The second-order valence-electron chi connectivity index (χ2n) is 7.02. The second kappa shape index (κ2) is 10.00. The number of rotatable bonds is 8. The molecular weight excluding hydrogens is 420 g/mol. The van der Waals surface area contributed by atoms with Crippen molar-refractivity contribution in [2.75, 3.05) is 11.1 Å². The maximum absolute atomic E-state index is 12.4. The lowest BCUT2D eigenvalue weighted by Crippen LogP contribution is -2.15. The zero-order valence-electron chi connectivity index (χ0n) is 17.5. The molecule has 2 aromatic carbocycles. The second-order valence-corrected chi connectivity index (χ2v) is 8.39. The fourth-order valence-corrected chi connectivity index (χ4v) is 4.17. The summed E-state index contributed by atoms with van der Waals surface area (Å²) in [6, 6.07) is 13.2. The summed E-state index contributed by atoms with van der Waals surface area (Å²) in [4.78, 5) is 12.4. The quantitative estimate of drug-likeness (QED) is 0.468. The number of thioether (sulfide) groups is 1. The van der Waals surface area contributed by atoms with E-state index in [4.69, 9.17) is 16.3 Å². The van der Waals surface area contributed by atoms with Gasteiger partial charge in [-0.3, -0.25) is 4.79 Å². The number of aromatic nitrogens is 3. The summed E-state index contributed by atoms with van der Waals surface area (Å²) in [6.45, 7) is 8.62. The normalized spacial score (nSPS) is 11.9. The van der Waals surface area contributed by atoms with Crippen LogP contribution in [0.4, 0.5) is 5.69 Å². The van der Waals surface area contributed by atoms with Gasteiger partial charge in [-0.1, -0.05) is 35.5 Å². The third-order valence-electron chi connectivity index (χ3n) is 4.37. The summed E-state index contributed by atoms with van der Waals surface area (Å²) in [5.74, 6) is 1.53. The number of benzene rings is 2. The number of carbonyl (C=O) groups excluding carboxylic acids is 1. The smallest absolute Gasteiger partial charge is 0.234 e. The third kappa shape index (κ3) is 5.77. The Balaban J connectivity index is 1.64. The first-order chi connectivity index (χ1) is 14.4. The van der Waals surface area contributed by atoms with Crippen molar-refractivity contribution < 1.29 is 9.53 Å². The predicted molar refractivity (Wildman–Crippen MR) is 121 cm³/mol. The largest absolute Gasteiger partial charge is 0.483 e. The highest BCUT2D eigenvalue weighted by atomic mass is 35.5. The molecule has 0 spiro atoms. The highest BCUT2D eigenvalue weighted by Gasteiger charge is 2.19. The van der Waals surface area contributed by atoms with Crippen molar-refractivity contribution in [3.63, 3.8) is 0 Å². The maximum atomic E-state index is 12.4. The van der Waals surface area contributed by atoms with Gasteiger partial charge in [-0.15, -0.1) is 10.2 Å². The number of ether oxygens (including phenoxy) is 1. The maximum Gasteiger partial charge on any atom is 0.234 e. The average Bonchev–Trinajstić information content (AvgIpc) is 3.08. The van der Waals surface area contributed by atoms with E-state index in [1.807, 2.05) is 56.5 Å². The Morgan fingerprint density at radius 3 is 2.60 bits per heavy atom. The standard InChI is InChI=1S/C22H25ClN4O2S/c1-5-27-21(16(4)29-19-8-6-7-17(23)12-19)25-26-22(27)30-13-20(28)24-18-10-14(2)9-15(3)11-18/h6-12,16H,5,13H2,1-4H3,(H,24,28). The van der Waals surface area contributed by atoms with Crippen LogP contribution in [0, 0.1) is 13.8 Å². The molecule has 0 radical (unpaired) electrons. The molecular formula is C22H25ClN4O2S. The van der Waals surface area contributed by atoms with Crippen LogP contribution in [0.25, 0.3) is 0 Å². The van der Waals surface area contributed by atoms with E-state index in [0.29, 0.717) is 28.3 Å². The molecule has 0 saturated carbocycles. The van der Waals surface area contributed by atoms with Crippen LogP contribution in [-0.2, 0) is 11.3 Å². The van der Waals surface area contributed by atoms with Gasteiger partial charge in [0.05, 0.1) is 5.75 Å². The Bertz CT molecular complexity index is 1020. The van der Waals surface area contributed by atoms with Gasteiger partial charge in [-0.25, -0.2) is 0 Å². The highest BCUT2D eigenvalue weighted by Crippen LogP contribution is 2.26. The molecule has 158 valence electrons. The van der Waals surface area contributed by atoms with E-state index in [-0.39, 0.29) is 17.8 Å². The molecule has 0 bridgehead atoms. The van der Waals surface area contributed by atoms with Gasteiger partial charge < -0.3 is 14.6 Å². The van der Waals surface area contributed by atoms with Crippen molar-refractivity contribution >= 4 is 35.0 Å². The lowest BCUT2D eigenvalue weighted by molar-refractivity contribution is -0.113. The summed E-state index contributed by atoms with van der Waals surface area (Å²) in [7, 11) is 0. The van der Waals surface area contributed by atoms with Crippen LogP contribution in [0.15, 0.2) is 47.6 Å². The zero-order valence-corrected chi connectivity index (χ0v) is 19.0. The number of aryl methyl sites for hydroxylation is 2. The molecule has 0 aliphatic rings. The number of amides is 1. The fourth-order valence-electron chi connectivity index (χ4n) is 3.18. The van der Waals surface area contributed by atoms with Crippen molar-refractivity contribution in [2.24, 2.45) is 0 Å². The SMILES string of the molecule is CCn1c(SCC(=O)Nc2cc(C)cc(C)c2)nnc1C(C)Oc1cccc(Cl)c1. The van der Waals surface area contributed by atoms with E-state index < -0.39 is 0 Å². The van der Waals surface area contributed by atoms with Crippen LogP contribution < -0.4 is 10.1 Å². The van der Waals surface area contributed by atoms with Crippen molar-refractivity contribution in [3.05, 3.63) is 64.4 Å². The molecule has 8 heteroatoms. The minimum atomic E-state index is -0.311. The molecule has 0 aliphatic heterocycles. The monoisotopic (exact) mass is 444 g/mol. The van der Waals surface area contributed by atoms with Gasteiger partial charge in [0, 0.05) is 17.3 Å². The summed E-state index contributed by atoms with van der Waals surface area (Å²) < 4.78 is 7.93. The van der Waals surface area contributed by atoms with Gasteiger partial charge in [0.15, 0.2) is 17.1 Å². The highest BCUT2D eigenvalue weighted by molar-refractivity contribution is 7.99. The molecule has 0 aliphatic carbocycles. The fraction of sp³-hybridized carbons (Fsp3) is 0.318. The Hall–Kier alpha value is -2.51. The topological polar surface area (TPSA) is 69.0 Å². The summed E-state index contributed by atoms with van der Waals surface area (Å²) in [5, 5.41) is 12.8. The molecule has 1 unspecified atom stereocenters. The number of nitrogens with zero attached hydrogens (tertiary/aromatic N) is 3. The predicted octanol–water partition coefficient (Wildman–Crippen LogP) is 5.44. The number of halogens is 1. The molecule has 30 heavy (non-hydrogen) atoms. The van der Waals surface area contributed by atoms with Crippen LogP contribution in [0.5, 0.6) is 5.75 Å².